The fourth-order valence-electron chi connectivity index (χ4n) is 2.80. The fraction of sp³-hybridized carbons (Fsp3) is 0.583. The summed E-state index contributed by atoms with van der Waals surface area (Å²) in [5.74, 6) is 1.29. The molecule has 1 aromatic heterocycles. The second-order valence-corrected chi connectivity index (χ2v) is 4.90. The molecule has 2 heterocycles. The molecule has 15 heavy (non-hydrogen) atoms. The van der Waals surface area contributed by atoms with Gasteiger partial charge < -0.3 is 4.74 Å². The summed E-state index contributed by atoms with van der Waals surface area (Å²) in [4.78, 5) is 4.50. The van der Waals surface area contributed by atoms with E-state index in [0.717, 1.165) is 24.7 Å². The summed E-state index contributed by atoms with van der Waals surface area (Å²) in [5.41, 5.74) is 2.62. The van der Waals surface area contributed by atoms with Crippen LogP contribution in [-0.2, 0) is 11.2 Å². The lowest BCUT2D eigenvalue weighted by Crippen LogP contribution is -2.11. The predicted molar refractivity (Wildman–Crippen MR) is 59.2 cm³/mol. The number of rotatable bonds is 1. The molecule has 1 aliphatic carbocycles. The van der Waals surface area contributed by atoms with Gasteiger partial charge in [0.25, 0.3) is 0 Å². The Kier molecular flexibility index (Phi) is 2.41. The molecule has 1 saturated heterocycles. The highest BCUT2D eigenvalue weighted by molar-refractivity contribution is 6.30. The van der Waals surface area contributed by atoms with Crippen LogP contribution in [0.1, 0.15) is 30.0 Å². The molecule has 0 radical (unpaired) electrons. The van der Waals surface area contributed by atoms with Crippen molar-refractivity contribution in [1.29, 1.82) is 0 Å². The highest BCUT2D eigenvalue weighted by Crippen LogP contribution is 2.40. The number of fused-ring (bicyclic) bond motifs is 1. The summed E-state index contributed by atoms with van der Waals surface area (Å²) in [6.07, 6.45) is 5.31. The van der Waals surface area contributed by atoms with Gasteiger partial charge in [-0.3, -0.25) is 4.98 Å². The van der Waals surface area contributed by atoms with Gasteiger partial charge in [0.1, 0.15) is 0 Å². The van der Waals surface area contributed by atoms with Crippen LogP contribution in [0.15, 0.2) is 12.3 Å². The van der Waals surface area contributed by atoms with Crippen LogP contribution in [0, 0.1) is 5.92 Å². The molecule has 3 rings (SSSR count). The Morgan fingerprint density at radius 3 is 3.13 bits per heavy atom. The van der Waals surface area contributed by atoms with Crippen molar-refractivity contribution in [3.8, 4) is 0 Å². The van der Waals surface area contributed by atoms with Crippen LogP contribution in [0.2, 0.25) is 5.02 Å². The minimum atomic E-state index is 0.611. The van der Waals surface area contributed by atoms with Gasteiger partial charge in [-0.2, -0.15) is 0 Å². The molecule has 1 aromatic rings. The van der Waals surface area contributed by atoms with E-state index in [4.69, 9.17) is 16.3 Å². The lowest BCUT2D eigenvalue weighted by molar-refractivity contribution is 0.180. The lowest BCUT2D eigenvalue weighted by atomic mass is 9.89. The number of nitrogens with zero attached hydrogens (tertiary/aromatic N) is 1. The third kappa shape index (κ3) is 1.66. The number of aromatic nitrogens is 1. The Balaban J connectivity index is 1.90. The second kappa shape index (κ2) is 3.76. The minimum Gasteiger partial charge on any atom is -0.381 e. The number of pyridine rings is 1. The summed E-state index contributed by atoms with van der Waals surface area (Å²) < 4.78 is 5.45. The first-order chi connectivity index (χ1) is 7.34. The molecule has 0 aromatic carbocycles. The van der Waals surface area contributed by atoms with Gasteiger partial charge in [-0.1, -0.05) is 11.6 Å². The van der Waals surface area contributed by atoms with E-state index in [0.29, 0.717) is 11.8 Å². The van der Waals surface area contributed by atoms with Crippen LogP contribution < -0.4 is 0 Å². The van der Waals surface area contributed by atoms with Gasteiger partial charge in [0.05, 0.1) is 11.6 Å². The standard InChI is InChI=1S/C12H14ClNO/c13-10-5-8-1-2-11(12(8)14-6-10)9-3-4-15-7-9/h5-6,9,11H,1-4,7H2. The molecule has 0 spiro atoms. The van der Waals surface area contributed by atoms with Gasteiger partial charge in [0.15, 0.2) is 0 Å². The molecular formula is C12H14ClNO. The molecule has 2 aliphatic rings. The molecule has 0 saturated carbocycles. The number of hydrogen-bond donors (Lipinski definition) is 0. The van der Waals surface area contributed by atoms with E-state index in [1.165, 1.54) is 24.1 Å². The van der Waals surface area contributed by atoms with Gasteiger partial charge >= 0.3 is 0 Å². The first-order valence-electron chi connectivity index (χ1n) is 5.56. The molecule has 80 valence electrons. The van der Waals surface area contributed by atoms with Crippen molar-refractivity contribution in [2.24, 2.45) is 5.92 Å². The number of halogens is 1. The van der Waals surface area contributed by atoms with Gasteiger partial charge in [0.2, 0.25) is 0 Å². The lowest BCUT2D eigenvalue weighted by Gasteiger charge is -2.16. The van der Waals surface area contributed by atoms with Crippen molar-refractivity contribution in [1.82, 2.24) is 4.98 Å². The largest absolute Gasteiger partial charge is 0.381 e. The Morgan fingerprint density at radius 2 is 2.33 bits per heavy atom. The molecule has 0 bridgehead atoms. The van der Waals surface area contributed by atoms with Gasteiger partial charge in [-0.25, -0.2) is 0 Å². The second-order valence-electron chi connectivity index (χ2n) is 4.47. The average molecular weight is 224 g/mol. The van der Waals surface area contributed by atoms with Gasteiger partial charge in [-0.15, -0.1) is 0 Å². The Labute approximate surface area is 94.6 Å². The van der Waals surface area contributed by atoms with Crippen LogP contribution >= 0.6 is 11.6 Å². The van der Waals surface area contributed by atoms with Crippen molar-refractivity contribution in [3.05, 3.63) is 28.5 Å². The van der Waals surface area contributed by atoms with E-state index in [9.17, 15) is 0 Å². The predicted octanol–water partition coefficient (Wildman–Crippen LogP) is 2.80. The average Bonchev–Trinajstić information content (AvgIpc) is 2.82. The summed E-state index contributed by atoms with van der Waals surface area (Å²) in [6, 6.07) is 2.07. The zero-order chi connectivity index (χ0) is 10.3. The van der Waals surface area contributed by atoms with Crippen molar-refractivity contribution in [2.75, 3.05) is 13.2 Å². The topological polar surface area (TPSA) is 22.1 Å². The summed E-state index contributed by atoms with van der Waals surface area (Å²) in [7, 11) is 0. The van der Waals surface area contributed by atoms with E-state index in [1.807, 2.05) is 0 Å². The Hall–Kier alpha value is -0.600. The fourth-order valence-corrected chi connectivity index (χ4v) is 2.98. The van der Waals surface area contributed by atoms with E-state index in [2.05, 4.69) is 11.1 Å². The number of ether oxygens (including phenoxy) is 1. The monoisotopic (exact) mass is 223 g/mol. The zero-order valence-electron chi connectivity index (χ0n) is 8.58. The molecule has 3 heteroatoms. The molecule has 0 amide bonds. The highest BCUT2D eigenvalue weighted by Gasteiger charge is 2.33. The molecule has 2 nitrogen and oxygen atoms in total. The summed E-state index contributed by atoms with van der Waals surface area (Å²) in [6.45, 7) is 1.83. The molecule has 1 fully saturated rings. The Bertz CT molecular complexity index is 374. The van der Waals surface area contributed by atoms with E-state index in [1.54, 1.807) is 6.20 Å². The number of hydrogen-bond acceptors (Lipinski definition) is 2. The molecule has 2 unspecified atom stereocenters. The normalized spacial score (nSPS) is 29.4. The maximum Gasteiger partial charge on any atom is 0.0592 e. The first kappa shape index (κ1) is 9.61. The highest BCUT2D eigenvalue weighted by atomic mass is 35.5. The van der Waals surface area contributed by atoms with Crippen LogP contribution in [-0.4, -0.2) is 18.2 Å². The first-order valence-corrected chi connectivity index (χ1v) is 5.94. The van der Waals surface area contributed by atoms with Crippen molar-refractivity contribution >= 4 is 11.6 Å². The van der Waals surface area contributed by atoms with E-state index < -0.39 is 0 Å². The molecule has 0 N–H and O–H groups in total. The van der Waals surface area contributed by atoms with Gasteiger partial charge in [-0.05, 0) is 36.8 Å². The Morgan fingerprint density at radius 1 is 1.40 bits per heavy atom. The van der Waals surface area contributed by atoms with Crippen molar-refractivity contribution in [3.63, 3.8) is 0 Å². The van der Waals surface area contributed by atoms with Crippen molar-refractivity contribution in [2.45, 2.75) is 25.2 Å². The third-order valence-corrected chi connectivity index (χ3v) is 3.78. The van der Waals surface area contributed by atoms with Crippen LogP contribution in [0.25, 0.3) is 0 Å². The number of aryl methyl sites for hydroxylation is 1. The van der Waals surface area contributed by atoms with E-state index in [-0.39, 0.29) is 0 Å². The van der Waals surface area contributed by atoms with Crippen LogP contribution in [0.4, 0.5) is 0 Å². The maximum absolute atomic E-state index is 5.94. The quantitative estimate of drug-likeness (QED) is 0.731. The van der Waals surface area contributed by atoms with Gasteiger partial charge in [0, 0.05) is 24.4 Å². The molecule has 1 aliphatic heterocycles. The van der Waals surface area contributed by atoms with Crippen molar-refractivity contribution < 1.29 is 4.74 Å². The molecule has 2 atom stereocenters. The third-order valence-electron chi connectivity index (χ3n) is 3.58. The maximum atomic E-state index is 5.94. The van der Waals surface area contributed by atoms with E-state index >= 15 is 0 Å². The SMILES string of the molecule is Clc1cnc2c(c1)CCC2C1CCOC1. The molecular weight excluding hydrogens is 210 g/mol. The summed E-state index contributed by atoms with van der Waals surface area (Å²) >= 11 is 5.94. The van der Waals surface area contributed by atoms with Crippen LogP contribution in [0.3, 0.4) is 0 Å². The minimum absolute atomic E-state index is 0.611. The summed E-state index contributed by atoms with van der Waals surface area (Å²) in [5, 5.41) is 0.761. The van der Waals surface area contributed by atoms with Crippen LogP contribution in [0.5, 0.6) is 0 Å². The smallest absolute Gasteiger partial charge is 0.0592 e. The zero-order valence-corrected chi connectivity index (χ0v) is 9.33.